The number of sulfonamides is 1. The van der Waals surface area contributed by atoms with Gasteiger partial charge in [-0.3, -0.25) is 9.52 Å². The van der Waals surface area contributed by atoms with E-state index in [9.17, 15) is 13.2 Å². The monoisotopic (exact) mass is 470 g/mol. The SMILES string of the molecule is O=C(c1ccc(NS(=O)(=O)c2ccc3c(c2)OCCCO3)cc1)N1CC[C@H]2CCCC[C@H]2C1. The number of hydrogen-bond donors (Lipinski definition) is 1. The minimum Gasteiger partial charge on any atom is -0.490 e. The van der Waals surface area contributed by atoms with Crippen LogP contribution in [0.1, 0.15) is 48.9 Å². The van der Waals surface area contributed by atoms with Gasteiger partial charge in [-0.15, -0.1) is 0 Å². The molecular formula is C25H30N2O5S. The summed E-state index contributed by atoms with van der Waals surface area (Å²) < 4.78 is 39.6. The number of carbonyl (C=O) groups is 1. The minimum atomic E-state index is -3.81. The summed E-state index contributed by atoms with van der Waals surface area (Å²) in [6.45, 7) is 2.67. The molecular weight excluding hydrogens is 440 g/mol. The van der Waals surface area contributed by atoms with Crippen LogP contribution in [0.5, 0.6) is 11.5 Å². The third-order valence-electron chi connectivity index (χ3n) is 6.99. The van der Waals surface area contributed by atoms with Crippen LogP contribution in [-0.2, 0) is 10.0 Å². The number of amides is 1. The first-order valence-electron chi connectivity index (χ1n) is 11.8. The summed E-state index contributed by atoms with van der Waals surface area (Å²) in [4.78, 5) is 15.1. The van der Waals surface area contributed by atoms with Crippen molar-refractivity contribution >= 4 is 21.6 Å². The number of carbonyl (C=O) groups excluding carboxylic acids is 1. The van der Waals surface area contributed by atoms with E-state index in [-0.39, 0.29) is 10.8 Å². The van der Waals surface area contributed by atoms with E-state index in [1.165, 1.54) is 37.8 Å². The topological polar surface area (TPSA) is 84.9 Å². The van der Waals surface area contributed by atoms with Gasteiger partial charge in [-0.2, -0.15) is 0 Å². The summed E-state index contributed by atoms with van der Waals surface area (Å²) in [5, 5.41) is 0. The number of piperidine rings is 1. The van der Waals surface area contributed by atoms with Gasteiger partial charge in [0.25, 0.3) is 15.9 Å². The van der Waals surface area contributed by atoms with E-state index >= 15 is 0 Å². The van der Waals surface area contributed by atoms with E-state index in [1.807, 2.05) is 4.90 Å². The van der Waals surface area contributed by atoms with Gasteiger partial charge < -0.3 is 14.4 Å². The molecule has 2 aromatic carbocycles. The van der Waals surface area contributed by atoms with Gasteiger partial charge in [0.15, 0.2) is 11.5 Å². The predicted octanol–water partition coefficient (Wildman–Crippen LogP) is 4.30. The smallest absolute Gasteiger partial charge is 0.262 e. The fraction of sp³-hybridized carbons (Fsp3) is 0.480. The van der Waals surface area contributed by atoms with E-state index in [2.05, 4.69) is 4.72 Å². The number of fused-ring (bicyclic) bond motifs is 2. The number of benzene rings is 2. The molecule has 0 bridgehead atoms. The van der Waals surface area contributed by atoms with E-state index in [0.717, 1.165) is 31.8 Å². The highest BCUT2D eigenvalue weighted by Crippen LogP contribution is 2.36. The zero-order valence-corrected chi connectivity index (χ0v) is 19.5. The molecule has 5 rings (SSSR count). The summed E-state index contributed by atoms with van der Waals surface area (Å²) in [7, 11) is -3.81. The molecule has 2 aliphatic heterocycles. The third-order valence-corrected chi connectivity index (χ3v) is 8.37. The van der Waals surface area contributed by atoms with Crippen LogP contribution in [0.3, 0.4) is 0 Å². The van der Waals surface area contributed by atoms with Gasteiger partial charge in [-0.1, -0.05) is 19.3 Å². The van der Waals surface area contributed by atoms with Crippen molar-refractivity contribution in [3.63, 3.8) is 0 Å². The average Bonchev–Trinajstić information content (AvgIpc) is 3.08. The second kappa shape index (κ2) is 9.25. The van der Waals surface area contributed by atoms with Crippen LogP contribution in [0.4, 0.5) is 5.69 Å². The maximum Gasteiger partial charge on any atom is 0.262 e. The van der Waals surface area contributed by atoms with E-state index < -0.39 is 10.0 Å². The Bertz CT molecular complexity index is 1120. The minimum absolute atomic E-state index is 0.0244. The maximum atomic E-state index is 13.0. The van der Waals surface area contributed by atoms with Crippen molar-refractivity contribution in [1.29, 1.82) is 0 Å². The van der Waals surface area contributed by atoms with E-state index in [0.29, 0.717) is 41.9 Å². The lowest BCUT2D eigenvalue weighted by Crippen LogP contribution is -2.44. The molecule has 3 aliphatic rings. The summed E-state index contributed by atoms with van der Waals surface area (Å²) in [5.74, 6) is 2.39. The van der Waals surface area contributed by atoms with Crippen molar-refractivity contribution in [3.05, 3.63) is 48.0 Å². The third kappa shape index (κ3) is 4.81. The predicted molar refractivity (Wildman–Crippen MR) is 125 cm³/mol. The van der Waals surface area contributed by atoms with Crippen LogP contribution in [0.2, 0.25) is 0 Å². The lowest BCUT2D eigenvalue weighted by Gasteiger charge is -2.41. The molecule has 2 heterocycles. The Hall–Kier alpha value is -2.74. The molecule has 33 heavy (non-hydrogen) atoms. The highest BCUT2D eigenvalue weighted by Gasteiger charge is 2.33. The Labute approximate surface area is 195 Å². The first-order chi connectivity index (χ1) is 16.0. The second-order valence-electron chi connectivity index (χ2n) is 9.19. The largest absolute Gasteiger partial charge is 0.490 e. The molecule has 1 amide bonds. The summed E-state index contributed by atoms with van der Waals surface area (Å²) in [6, 6.07) is 11.3. The summed E-state index contributed by atoms with van der Waals surface area (Å²) in [6.07, 6.45) is 6.93. The zero-order valence-electron chi connectivity index (χ0n) is 18.7. The van der Waals surface area contributed by atoms with E-state index in [4.69, 9.17) is 9.47 Å². The number of ether oxygens (including phenoxy) is 2. The lowest BCUT2D eigenvalue weighted by molar-refractivity contribution is 0.0521. The van der Waals surface area contributed by atoms with Crippen LogP contribution in [-0.4, -0.2) is 45.5 Å². The number of nitrogens with one attached hydrogen (secondary N) is 1. The Kier molecular flexibility index (Phi) is 6.19. The molecule has 0 aromatic heterocycles. The Morgan fingerprint density at radius 1 is 0.879 bits per heavy atom. The van der Waals surface area contributed by atoms with Crippen LogP contribution in [0.25, 0.3) is 0 Å². The number of rotatable bonds is 4. The highest BCUT2D eigenvalue weighted by molar-refractivity contribution is 7.92. The maximum absolute atomic E-state index is 13.0. The molecule has 2 aromatic rings. The molecule has 2 atom stereocenters. The normalized spacial score (nSPS) is 22.7. The van der Waals surface area contributed by atoms with Crippen molar-refractivity contribution in [3.8, 4) is 11.5 Å². The molecule has 8 heteroatoms. The fourth-order valence-electron chi connectivity index (χ4n) is 5.17. The number of hydrogen-bond acceptors (Lipinski definition) is 5. The second-order valence-corrected chi connectivity index (χ2v) is 10.9. The first kappa shape index (κ1) is 22.1. The lowest BCUT2D eigenvalue weighted by atomic mass is 9.75. The standard InChI is InChI=1S/C25H30N2O5S/c28-25(27-13-12-18-4-1-2-5-20(18)17-27)19-6-8-21(9-7-19)26-33(29,30)22-10-11-23-24(16-22)32-15-3-14-31-23/h6-11,16,18,20,26H,1-5,12-15,17H2/t18-,20+/m1/s1. The molecule has 176 valence electrons. The fourth-order valence-corrected chi connectivity index (χ4v) is 6.25. The Morgan fingerprint density at radius 2 is 1.61 bits per heavy atom. The number of likely N-dealkylation sites (tertiary alicyclic amines) is 1. The molecule has 1 aliphatic carbocycles. The highest BCUT2D eigenvalue weighted by atomic mass is 32.2. The molecule has 1 saturated carbocycles. The zero-order chi connectivity index (χ0) is 22.8. The molecule has 0 unspecified atom stereocenters. The summed E-state index contributed by atoms with van der Waals surface area (Å²) in [5.41, 5.74) is 0.993. The summed E-state index contributed by atoms with van der Waals surface area (Å²) >= 11 is 0. The Balaban J connectivity index is 1.26. The van der Waals surface area contributed by atoms with Gasteiger partial charge in [0.2, 0.25) is 0 Å². The van der Waals surface area contributed by atoms with Gasteiger partial charge in [-0.25, -0.2) is 8.42 Å². The van der Waals surface area contributed by atoms with Gasteiger partial charge in [0.1, 0.15) is 0 Å². The Morgan fingerprint density at radius 3 is 2.39 bits per heavy atom. The first-order valence-corrected chi connectivity index (χ1v) is 13.3. The number of anilines is 1. The average molecular weight is 471 g/mol. The van der Waals surface area contributed by atoms with E-state index in [1.54, 1.807) is 30.3 Å². The van der Waals surface area contributed by atoms with Crippen molar-refractivity contribution in [2.45, 2.75) is 43.4 Å². The van der Waals surface area contributed by atoms with Crippen LogP contribution in [0.15, 0.2) is 47.4 Å². The van der Waals surface area contributed by atoms with Crippen LogP contribution >= 0.6 is 0 Å². The van der Waals surface area contributed by atoms with Crippen LogP contribution < -0.4 is 14.2 Å². The van der Waals surface area contributed by atoms with Crippen molar-refractivity contribution in [1.82, 2.24) is 4.90 Å². The molecule has 2 fully saturated rings. The quantitative estimate of drug-likeness (QED) is 0.720. The van der Waals surface area contributed by atoms with Gasteiger partial charge in [-0.05, 0) is 61.1 Å². The number of nitrogens with zero attached hydrogens (tertiary/aromatic N) is 1. The van der Waals surface area contributed by atoms with Crippen molar-refractivity contribution in [2.75, 3.05) is 31.0 Å². The molecule has 0 radical (unpaired) electrons. The van der Waals surface area contributed by atoms with Crippen molar-refractivity contribution < 1.29 is 22.7 Å². The van der Waals surface area contributed by atoms with Gasteiger partial charge in [0, 0.05) is 36.8 Å². The van der Waals surface area contributed by atoms with Crippen molar-refractivity contribution in [2.24, 2.45) is 11.8 Å². The molecule has 1 saturated heterocycles. The molecule has 0 spiro atoms. The molecule has 7 nitrogen and oxygen atoms in total. The van der Waals surface area contributed by atoms with Crippen LogP contribution in [0, 0.1) is 11.8 Å². The van der Waals surface area contributed by atoms with Gasteiger partial charge in [0.05, 0.1) is 18.1 Å². The van der Waals surface area contributed by atoms with Gasteiger partial charge >= 0.3 is 0 Å². The molecule has 1 N–H and O–H groups in total.